The minimum absolute atomic E-state index is 0.595. The minimum atomic E-state index is -0.595. The first-order valence-electron chi connectivity index (χ1n) is 6.27. The average Bonchev–Trinajstić information content (AvgIpc) is 2.48. The van der Waals surface area contributed by atoms with Crippen LogP contribution in [0.5, 0.6) is 0 Å². The highest BCUT2D eigenvalue weighted by molar-refractivity contribution is 6.31. The molecule has 0 saturated carbocycles. The number of nitrogens with one attached hydrogen (secondary N) is 1. The second-order valence-corrected chi connectivity index (χ2v) is 5.51. The van der Waals surface area contributed by atoms with E-state index in [9.17, 15) is 5.11 Å². The van der Waals surface area contributed by atoms with Gasteiger partial charge in [0.1, 0.15) is 0 Å². The number of aliphatic hydroxyl groups is 1. The molecule has 0 spiro atoms. The first-order valence-corrected chi connectivity index (χ1v) is 6.65. The smallest absolute Gasteiger partial charge is 0.0701 e. The fourth-order valence-corrected chi connectivity index (χ4v) is 2.74. The summed E-state index contributed by atoms with van der Waals surface area (Å²) in [6.07, 6.45) is 3.34. The Bertz CT molecular complexity index is 384. The van der Waals surface area contributed by atoms with Crippen LogP contribution >= 0.6 is 11.6 Å². The van der Waals surface area contributed by atoms with Gasteiger partial charge in [-0.05, 0) is 56.5 Å². The predicted molar refractivity (Wildman–Crippen MR) is 71.6 cm³/mol. The molecule has 0 aliphatic carbocycles. The molecule has 1 heterocycles. The van der Waals surface area contributed by atoms with Gasteiger partial charge in [0.2, 0.25) is 0 Å². The fourth-order valence-electron chi connectivity index (χ4n) is 2.44. The largest absolute Gasteiger partial charge is 0.389 e. The highest BCUT2D eigenvalue weighted by Crippen LogP contribution is 2.28. The van der Waals surface area contributed by atoms with Crippen LogP contribution in [0.2, 0.25) is 5.02 Å². The summed E-state index contributed by atoms with van der Waals surface area (Å²) in [6, 6.07) is 6.06. The lowest BCUT2D eigenvalue weighted by atomic mass is 9.87. The highest BCUT2D eigenvalue weighted by Gasteiger charge is 2.28. The van der Waals surface area contributed by atoms with Gasteiger partial charge < -0.3 is 10.4 Å². The quantitative estimate of drug-likeness (QED) is 0.850. The molecule has 1 atom stereocenters. The Morgan fingerprint density at radius 1 is 1.35 bits per heavy atom. The Balaban J connectivity index is 2.12. The Hall–Kier alpha value is -0.570. The molecule has 2 nitrogen and oxygen atoms in total. The van der Waals surface area contributed by atoms with Gasteiger partial charge in [-0.2, -0.15) is 0 Å². The van der Waals surface area contributed by atoms with E-state index in [1.807, 2.05) is 19.1 Å². The average molecular weight is 254 g/mol. The van der Waals surface area contributed by atoms with Crippen molar-refractivity contribution in [2.75, 3.05) is 13.1 Å². The maximum Gasteiger partial charge on any atom is 0.0701 e. The second-order valence-electron chi connectivity index (χ2n) is 5.10. The normalized spacial score (nSPS) is 25.6. The van der Waals surface area contributed by atoms with E-state index in [2.05, 4.69) is 11.4 Å². The molecule has 1 fully saturated rings. The molecule has 1 saturated heterocycles. The first kappa shape index (κ1) is 12.9. The molecule has 94 valence electrons. The van der Waals surface area contributed by atoms with Gasteiger partial charge in [0.15, 0.2) is 0 Å². The van der Waals surface area contributed by atoms with Crippen molar-refractivity contribution in [1.82, 2.24) is 5.32 Å². The molecule has 0 bridgehead atoms. The zero-order chi connectivity index (χ0) is 12.3. The van der Waals surface area contributed by atoms with Gasteiger partial charge in [0.05, 0.1) is 5.60 Å². The van der Waals surface area contributed by atoms with Gasteiger partial charge in [0, 0.05) is 11.4 Å². The summed E-state index contributed by atoms with van der Waals surface area (Å²) in [5.74, 6) is 0. The van der Waals surface area contributed by atoms with Gasteiger partial charge in [-0.3, -0.25) is 0 Å². The fraction of sp³-hybridized carbons (Fsp3) is 0.571. The summed E-state index contributed by atoms with van der Waals surface area (Å²) in [5, 5.41) is 14.7. The Morgan fingerprint density at radius 2 is 2.18 bits per heavy atom. The van der Waals surface area contributed by atoms with Crippen LogP contribution in [0.1, 0.15) is 30.4 Å². The van der Waals surface area contributed by atoms with E-state index in [0.29, 0.717) is 6.42 Å². The molecule has 3 heteroatoms. The third-order valence-electron chi connectivity index (χ3n) is 3.49. The standard InChI is InChI=1S/C14H20ClNO/c1-11-3-4-12(13(15)9-11)10-14(17)5-2-7-16-8-6-14/h3-4,9,16-17H,2,5-8,10H2,1H3. The topological polar surface area (TPSA) is 32.3 Å². The molecule has 1 unspecified atom stereocenters. The summed E-state index contributed by atoms with van der Waals surface area (Å²) >= 11 is 6.22. The van der Waals surface area contributed by atoms with E-state index >= 15 is 0 Å². The van der Waals surface area contributed by atoms with E-state index < -0.39 is 5.60 Å². The van der Waals surface area contributed by atoms with Gasteiger partial charge in [-0.15, -0.1) is 0 Å². The van der Waals surface area contributed by atoms with Crippen LogP contribution in [-0.2, 0) is 6.42 Å². The van der Waals surface area contributed by atoms with E-state index in [1.165, 1.54) is 0 Å². The molecule has 1 aliphatic heterocycles. The molecule has 2 rings (SSSR count). The lowest BCUT2D eigenvalue weighted by Crippen LogP contribution is -2.32. The number of aryl methyl sites for hydroxylation is 1. The summed E-state index contributed by atoms with van der Waals surface area (Å²) in [7, 11) is 0. The molecule has 1 aromatic rings. The van der Waals surface area contributed by atoms with Crippen LogP contribution < -0.4 is 5.32 Å². The second kappa shape index (κ2) is 5.38. The number of benzene rings is 1. The third-order valence-corrected chi connectivity index (χ3v) is 3.84. The van der Waals surface area contributed by atoms with Gasteiger partial charge in [0.25, 0.3) is 0 Å². The first-order chi connectivity index (χ1) is 8.09. The molecule has 17 heavy (non-hydrogen) atoms. The van der Waals surface area contributed by atoms with Crippen LogP contribution in [0.4, 0.5) is 0 Å². The number of halogens is 1. The molecule has 0 aromatic heterocycles. The maximum absolute atomic E-state index is 10.6. The molecule has 1 aromatic carbocycles. The van der Waals surface area contributed by atoms with Gasteiger partial charge >= 0.3 is 0 Å². The van der Waals surface area contributed by atoms with Crippen molar-refractivity contribution in [3.05, 3.63) is 34.3 Å². The van der Waals surface area contributed by atoms with Crippen LogP contribution in [-0.4, -0.2) is 23.8 Å². The minimum Gasteiger partial charge on any atom is -0.389 e. The van der Waals surface area contributed by atoms with Crippen LogP contribution in [0.15, 0.2) is 18.2 Å². The van der Waals surface area contributed by atoms with Crippen molar-refractivity contribution < 1.29 is 5.11 Å². The predicted octanol–water partition coefficient (Wildman–Crippen LogP) is 2.70. The van der Waals surface area contributed by atoms with E-state index in [4.69, 9.17) is 11.6 Å². The molecule has 0 amide bonds. The Labute approximate surface area is 108 Å². The lowest BCUT2D eigenvalue weighted by Gasteiger charge is -2.26. The Morgan fingerprint density at radius 3 is 2.94 bits per heavy atom. The summed E-state index contributed by atoms with van der Waals surface area (Å²) < 4.78 is 0. The Kier molecular flexibility index (Phi) is 4.08. The van der Waals surface area contributed by atoms with E-state index in [1.54, 1.807) is 0 Å². The molecule has 1 aliphatic rings. The summed E-state index contributed by atoms with van der Waals surface area (Å²) in [5.41, 5.74) is 1.62. The van der Waals surface area contributed by atoms with Crippen LogP contribution in [0.25, 0.3) is 0 Å². The SMILES string of the molecule is Cc1ccc(CC2(O)CCCNCC2)c(Cl)c1. The molecular formula is C14H20ClNO. The van der Waals surface area contributed by atoms with Crippen molar-refractivity contribution in [1.29, 1.82) is 0 Å². The highest BCUT2D eigenvalue weighted by atomic mass is 35.5. The van der Waals surface area contributed by atoms with E-state index in [0.717, 1.165) is 48.5 Å². The number of hydrogen-bond donors (Lipinski definition) is 2. The number of rotatable bonds is 2. The van der Waals surface area contributed by atoms with Crippen molar-refractivity contribution in [2.45, 2.75) is 38.2 Å². The van der Waals surface area contributed by atoms with E-state index in [-0.39, 0.29) is 0 Å². The lowest BCUT2D eigenvalue weighted by molar-refractivity contribution is 0.0285. The van der Waals surface area contributed by atoms with Crippen molar-refractivity contribution in [3.8, 4) is 0 Å². The third kappa shape index (κ3) is 3.44. The van der Waals surface area contributed by atoms with Crippen molar-refractivity contribution in [3.63, 3.8) is 0 Å². The molecule has 2 N–H and O–H groups in total. The zero-order valence-corrected chi connectivity index (χ0v) is 11.1. The van der Waals surface area contributed by atoms with Crippen molar-refractivity contribution in [2.24, 2.45) is 0 Å². The van der Waals surface area contributed by atoms with Crippen LogP contribution in [0, 0.1) is 6.92 Å². The van der Waals surface area contributed by atoms with Gasteiger partial charge in [-0.1, -0.05) is 23.7 Å². The molecule has 0 radical (unpaired) electrons. The van der Waals surface area contributed by atoms with Crippen LogP contribution in [0.3, 0.4) is 0 Å². The zero-order valence-electron chi connectivity index (χ0n) is 10.3. The monoisotopic (exact) mass is 253 g/mol. The van der Waals surface area contributed by atoms with Gasteiger partial charge in [-0.25, -0.2) is 0 Å². The number of hydrogen-bond acceptors (Lipinski definition) is 2. The van der Waals surface area contributed by atoms with Crippen molar-refractivity contribution >= 4 is 11.6 Å². The summed E-state index contributed by atoms with van der Waals surface area (Å²) in [4.78, 5) is 0. The maximum atomic E-state index is 10.6. The summed E-state index contributed by atoms with van der Waals surface area (Å²) in [6.45, 7) is 3.92. The molecular weight excluding hydrogens is 234 g/mol.